The maximum atomic E-state index is 12.8. The number of hydrogen-bond donors (Lipinski definition) is 2. The summed E-state index contributed by atoms with van der Waals surface area (Å²) in [7, 11) is 0. The largest absolute Gasteiger partial charge is 0.290 e. The molecule has 7 nitrogen and oxygen atoms in total. The third-order valence-electron chi connectivity index (χ3n) is 4.97. The topological polar surface area (TPSA) is 93.1 Å². The van der Waals surface area contributed by atoms with Crippen LogP contribution in [-0.2, 0) is 6.54 Å². The molecule has 0 bridgehead atoms. The van der Waals surface area contributed by atoms with Crippen LogP contribution in [0.4, 0.5) is 0 Å². The summed E-state index contributed by atoms with van der Waals surface area (Å²) in [5.41, 5.74) is 7.09. The van der Waals surface area contributed by atoms with Crippen molar-refractivity contribution in [3.05, 3.63) is 75.2 Å². The molecular weight excluding hydrogens is 380 g/mol. The number of aryl methyl sites for hydroxylation is 3. The highest BCUT2D eigenvalue weighted by atomic mass is 16.2. The van der Waals surface area contributed by atoms with Crippen LogP contribution in [0, 0.1) is 13.8 Å². The molecule has 30 heavy (non-hydrogen) atoms. The quantitative estimate of drug-likeness (QED) is 0.485. The van der Waals surface area contributed by atoms with E-state index in [1.54, 1.807) is 30.3 Å². The molecule has 1 heterocycles. The van der Waals surface area contributed by atoms with Gasteiger partial charge in [0.05, 0.1) is 5.39 Å². The van der Waals surface area contributed by atoms with Crippen molar-refractivity contribution >= 4 is 22.6 Å². The van der Waals surface area contributed by atoms with Gasteiger partial charge in [-0.15, -0.1) is 0 Å². The Kier molecular flexibility index (Phi) is 6.61. The number of hydrazine groups is 1. The Hall–Kier alpha value is -3.48. The van der Waals surface area contributed by atoms with Gasteiger partial charge in [0.1, 0.15) is 0 Å². The molecule has 0 fully saturated rings. The third-order valence-corrected chi connectivity index (χ3v) is 4.97. The zero-order valence-corrected chi connectivity index (χ0v) is 17.5. The summed E-state index contributed by atoms with van der Waals surface area (Å²) in [5, 5.41) is 5.17. The van der Waals surface area contributed by atoms with Gasteiger partial charge in [0.2, 0.25) is 0 Å². The maximum absolute atomic E-state index is 12.8. The third kappa shape index (κ3) is 4.56. The lowest BCUT2D eigenvalue weighted by atomic mass is 10.1. The molecule has 0 saturated heterocycles. The lowest BCUT2D eigenvalue weighted by Crippen LogP contribution is -2.43. The number of rotatable bonds is 6. The minimum Gasteiger partial charge on any atom is -0.267 e. The van der Waals surface area contributed by atoms with Crippen molar-refractivity contribution in [2.45, 2.75) is 46.6 Å². The summed E-state index contributed by atoms with van der Waals surface area (Å²) in [6, 6.07) is 12.3. The van der Waals surface area contributed by atoms with Crippen LogP contribution in [0.25, 0.3) is 10.8 Å². The molecule has 0 aliphatic rings. The van der Waals surface area contributed by atoms with E-state index in [-0.39, 0.29) is 11.3 Å². The van der Waals surface area contributed by atoms with E-state index in [9.17, 15) is 14.4 Å². The zero-order chi connectivity index (χ0) is 21.7. The molecule has 0 saturated carbocycles. The van der Waals surface area contributed by atoms with Crippen molar-refractivity contribution in [2.24, 2.45) is 0 Å². The molecule has 7 heteroatoms. The van der Waals surface area contributed by atoms with Crippen molar-refractivity contribution in [3.63, 3.8) is 0 Å². The fraction of sp³-hybridized carbons (Fsp3) is 0.304. The van der Waals surface area contributed by atoms with Crippen LogP contribution in [0.3, 0.4) is 0 Å². The molecule has 2 amide bonds. The van der Waals surface area contributed by atoms with Crippen molar-refractivity contribution in [1.29, 1.82) is 0 Å². The molecule has 0 atom stereocenters. The Morgan fingerprint density at radius 1 is 0.967 bits per heavy atom. The van der Waals surface area contributed by atoms with Crippen LogP contribution in [0.2, 0.25) is 0 Å². The lowest BCUT2D eigenvalue weighted by Gasteiger charge is -2.12. The van der Waals surface area contributed by atoms with E-state index in [4.69, 9.17) is 0 Å². The van der Waals surface area contributed by atoms with Crippen molar-refractivity contribution in [3.8, 4) is 0 Å². The normalized spacial score (nSPS) is 10.8. The van der Waals surface area contributed by atoms with E-state index in [1.165, 1.54) is 4.68 Å². The lowest BCUT2D eigenvalue weighted by molar-refractivity contribution is 0.0843. The Morgan fingerprint density at radius 2 is 1.67 bits per heavy atom. The van der Waals surface area contributed by atoms with Crippen LogP contribution in [-0.4, -0.2) is 21.6 Å². The van der Waals surface area contributed by atoms with Crippen molar-refractivity contribution in [2.75, 3.05) is 0 Å². The van der Waals surface area contributed by atoms with E-state index >= 15 is 0 Å². The van der Waals surface area contributed by atoms with Gasteiger partial charge in [0, 0.05) is 17.5 Å². The highest BCUT2D eigenvalue weighted by Crippen LogP contribution is 2.14. The monoisotopic (exact) mass is 406 g/mol. The van der Waals surface area contributed by atoms with E-state index in [1.807, 2.05) is 26.0 Å². The molecule has 0 aliphatic heterocycles. The molecule has 3 rings (SSSR count). The van der Waals surface area contributed by atoms with Gasteiger partial charge in [-0.1, -0.05) is 55.7 Å². The molecule has 3 aromatic rings. The molecule has 1 aromatic heterocycles. The van der Waals surface area contributed by atoms with E-state index < -0.39 is 11.8 Å². The van der Waals surface area contributed by atoms with Gasteiger partial charge in [-0.25, -0.2) is 4.68 Å². The number of amides is 2. The number of carbonyl (C=O) groups excluding carboxylic acids is 2. The second-order valence-corrected chi connectivity index (χ2v) is 7.36. The standard InChI is InChI=1S/C23H26N4O3/c1-4-5-8-13-27-23(30)19-10-7-6-9-18(19)20(26-27)22(29)25-24-21(28)17-12-11-15(2)14-16(17)3/h6-7,9-12,14H,4-5,8,13H2,1-3H3,(H,24,28)(H,25,29). The number of benzene rings is 2. The number of nitrogens with one attached hydrogen (secondary N) is 2. The minimum absolute atomic E-state index is 0.0997. The number of nitrogens with zero attached hydrogens (tertiary/aromatic N) is 2. The van der Waals surface area contributed by atoms with Crippen LogP contribution in [0.5, 0.6) is 0 Å². The summed E-state index contributed by atoms with van der Waals surface area (Å²) >= 11 is 0. The number of aromatic nitrogens is 2. The molecule has 2 N–H and O–H groups in total. The minimum atomic E-state index is -0.575. The van der Waals surface area contributed by atoms with Gasteiger partial charge in [-0.05, 0) is 38.0 Å². The van der Waals surface area contributed by atoms with Gasteiger partial charge >= 0.3 is 0 Å². The van der Waals surface area contributed by atoms with Crippen molar-refractivity contribution < 1.29 is 9.59 Å². The second-order valence-electron chi connectivity index (χ2n) is 7.36. The first kappa shape index (κ1) is 21.2. The summed E-state index contributed by atoms with van der Waals surface area (Å²) in [6.07, 6.45) is 2.78. The molecule has 0 unspecified atom stereocenters. The van der Waals surface area contributed by atoms with Gasteiger partial charge < -0.3 is 0 Å². The van der Waals surface area contributed by atoms with Gasteiger partial charge in [-0.3, -0.25) is 25.2 Å². The van der Waals surface area contributed by atoms with Crippen LogP contribution in [0.1, 0.15) is 58.2 Å². The second kappa shape index (κ2) is 9.35. The molecule has 2 aromatic carbocycles. The fourth-order valence-corrected chi connectivity index (χ4v) is 3.37. The highest BCUT2D eigenvalue weighted by molar-refractivity contribution is 6.06. The summed E-state index contributed by atoms with van der Waals surface area (Å²) in [5.74, 6) is -0.991. The van der Waals surface area contributed by atoms with Gasteiger partial charge in [0.25, 0.3) is 17.4 Å². The number of fused-ring (bicyclic) bond motifs is 1. The SMILES string of the molecule is CCCCCn1nc(C(=O)NNC(=O)c2ccc(C)cc2C)c2ccccc2c1=O. The smallest absolute Gasteiger partial charge is 0.267 e. The predicted octanol–water partition coefficient (Wildman–Crippen LogP) is 3.28. The predicted molar refractivity (Wildman–Crippen MR) is 116 cm³/mol. The molecule has 0 radical (unpaired) electrons. The molecule has 0 spiro atoms. The van der Waals surface area contributed by atoms with Gasteiger partial charge in [0.15, 0.2) is 5.69 Å². The molecule has 0 aliphatic carbocycles. The van der Waals surface area contributed by atoms with Crippen LogP contribution < -0.4 is 16.4 Å². The summed E-state index contributed by atoms with van der Waals surface area (Å²) in [4.78, 5) is 38.0. The highest BCUT2D eigenvalue weighted by Gasteiger charge is 2.18. The van der Waals surface area contributed by atoms with Gasteiger partial charge in [-0.2, -0.15) is 5.10 Å². The average Bonchev–Trinajstić information content (AvgIpc) is 2.73. The summed E-state index contributed by atoms with van der Waals surface area (Å²) in [6.45, 7) is 6.30. The first-order chi connectivity index (χ1) is 14.4. The average molecular weight is 406 g/mol. The number of hydrogen-bond acceptors (Lipinski definition) is 4. The Balaban J connectivity index is 1.85. The van der Waals surface area contributed by atoms with Crippen LogP contribution in [0.15, 0.2) is 47.3 Å². The zero-order valence-electron chi connectivity index (χ0n) is 17.5. The fourth-order valence-electron chi connectivity index (χ4n) is 3.37. The van der Waals surface area contributed by atoms with E-state index in [0.717, 1.165) is 30.4 Å². The van der Waals surface area contributed by atoms with Crippen molar-refractivity contribution in [1.82, 2.24) is 20.6 Å². The first-order valence-electron chi connectivity index (χ1n) is 10.1. The Morgan fingerprint density at radius 3 is 2.37 bits per heavy atom. The maximum Gasteiger partial charge on any atom is 0.290 e. The number of unbranched alkanes of at least 4 members (excludes halogenated alkanes) is 2. The molecule has 156 valence electrons. The van der Waals surface area contributed by atoms with E-state index in [2.05, 4.69) is 22.9 Å². The number of carbonyl (C=O) groups is 2. The van der Waals surface area contributed by atoms with E-state index in [0.29, 0.717) is 22.9 Å². The Bertz CT molecular complexity index is 1150. The summed E-state index contributed by atoms with van der Waals surface area (Å²) < 4.78 is 1.33. The van der Waals surface area contributed by atoms with Crippen LogP contribution >= 0.6 is 0 Å². The Labute approximate surface area is 175 Å². The first-order valence-corrected chi connectivity index (χ1v) is 10.1. The molecular formula is C23H26N4O3.